The first-order valence-electron chi connectivity index (χ1n) is 12.1. The van der Waals surface area contributed by atoms with Gasteiger partial charge in [0, 0.05) is 17.7 Å². The molecule has 1 amide bonds. The highest BCUT2D eigenvalue weighted by atomic mass is 16.7. The molecule has 1 N–H and O–H groups in total. The summed E-state index contributed by atoms with van der Waals surface area (Å²) in [7, 11) is 3.65. The minimum atomic E-state index is -0.317. The van der Waals surface area contributed by atoms with Crippen molar-refractivity contribution in [3.63, 3.8) is 0 Å². The molecule has 192 valence electrons. The summed E-state index contributed by atoms with van der Waals surface area (Å²) >= 11 is 0. The van der Waals surface area contributed by atoms with Crippen molar-refractivity contribution in [1.82, 2.24) is 30.5 Å². The minimum absolute atomic E-state index is 0.157. The van der Waals surface area contributed by atoms with Crippen LogP contribution in [0.5, 0.6) is 17.2 Å². The molecule has 6 rings (SSSR count). The smallest absolute Gasteiger partial charge is 0.271 e. The van der Waals surface area contributed by atoms with Gasteiger partial charge in [-0.2, -0.15) is 9.78 Å². The number of carbonyl (C=O) groups excluding carboxylic acids is 1. The lowest BCUT2D eigenvalue weighted by Crippen LogP contribution is -2.35. The first-order chi connectivity index (χ1) is 18.6. The second-order valence-electron chi connectivity index (χ2n) is 8.96. The van der Waals surface area contributed by atoms with Crippen LogP contribution in [0.15, 0.2) is 65.8 Å². The number of ether oxygens (including phenoxy) is 3. The molecular weight excluding hydrogens is 486 g/mol. The topological polar surface area (TPSA) is 116 Å². The Morgan fingerprint density at radius 3 is 2.76 bits per heavy atom. The molecule has 11 heteroatoms. The van der Waals surface area contributed by atoms with Crippen LogP contribution in [0.3, 0.4) is 0 Å². The van der Waals surface area contributed by atoms with Crippen LogP contribution in [0, 0.1) is 0 Å². The normalized spacial score (nSPS) is 16.4. The van der Waals surface area contributed by atoms with Crippen LogP contribution >= 0.6 is 0 Å². The fourth-order valence-corrected chi connectivity index (χ4v) is 4.83. The number of rotatable bonds is 6. The summed E-state index contributed by atoms with van der Waals surface area (Å²) in [4.78, 5) is 14.8. The van der Waals surface area contributed by atoms with Crippen molar-refractivity contribution in [2.45, 2.75) is 12.5 Å². The average Bonchev–Trinajstić information content (AvgIpc) is 3.62. The van der Waals surface area contributed by atoms with Gasteiger partial charge in [-0.3, -0.25) is 9.69 Å². The molecule has 0 radical (unpaired) electrons. The predicted molar refractivity (Wildman–Crippen MR) is 138 cm³/mol. The zero-order valence-corrected chi connectivity index (χ0v) is 20.9. The van der Waals surface area contributed by atoms with Gasteiger partial charge in [-0.15, -0.1) is 5.10 Å². The molecule has 11 nitrogen and oxygen atoms in total. The molecule has 38 heavy (non-hydrogen) atoms. The highest BCUT2D eigenvalue weighted by Crippen LogP contribution is 2.50. The number of hydrogen-bond acceptors (Lipinski definition) is 9. The van der Waals surface area contributed by atoms with E-state index in [-0.39, 0.29) is 18.7 Å². The van der Waals surface area contributed by atoms with Crippen molar-refractivity contribution in [2.24, 2.45) is 5.10 Å². The van der Waals surface area contributed by atoms with Gasteiger partial charge >= 0.3 is 0 Å². The summed E-state index contributed by atoms with van der Waals surface area (Å²) in [6.07, 6.45) is 2.42. The van der Waals surface area contributed by atoms with E-state index in [1.54, 1.807) is 42.3 Å². The summed E-state index contributed by atoms with van der Waals surface area (Å²) in [6.45, 7) is 0.959. The van der Waals surface area contributed by atoms with Crippen molar-refractivity contribution < 1.29 is 19.0 Å². The van der Waals surface area contributed by atoms with Crippen LogP contribution in [0.1, 0.15) is 38.9 Å². The van der Waals surface area contributed by atoms with Crippen LogP contribution in [0.4, 0.5) is 0 Å². The number of amides is 1. The van der Waals surface area contributed by atoms with Crippen LogP contribution in [-0.2, 0) is 6.42 Å². The van der Waals surface area contributed by atoms with Crippen molar-refractivity contribution in [3.8, 4) is 22.9 Å². The van der Waals surface area contributed by atoms with Gasteiger partial charge in [-0.1, -0.05) is 30.3 Å². The van der Waals surface area contributed by atoms with E-state index in [2.05, 4.69) is 31.0 Å². The number of nitrogens with zero attached hydrogens (tertiary/aromatic N) is 6. The minimum Gasteiger partial charge on any atom is -0.492 e. The SMILES string of the molecule is COc1c2c(cc3c1C(c1nnnn1-c1ccc(C(=O)N/N=C/c4ccccc4)cc1)N(C)CC3)OCO2. The Morgan fingerprint density at radius 1 is 1.16 bits per heavy atom. The molecule has 1 unspecified atom stereocenters. The number of methoxy groups -OCH3 is 1. The fourth-order valence-electron chi connectivity index (χ4n) is 4.83. The number of nitrogens with one attached hydrogen (secondary N) is 1. The lowest BCUT2D eigenvalue weighted by molar-refractivity contribution is 0.0955. The number of fused-ring (bicyclic) bond motifs is 2. The molecule has 2 aliphatic rings. The molecule has 4 aromatic rings. The largest absolute Gasteiger partial charge is 0.492 e. The third-order valence-corrected chi connectivity index (χ3v) is 6.69. The van der Waals surface area contributed by atoms with E-state index in [0.717, 1.165) is 35.3 Å². The second-order valence-corrected chi connectivity index (χ2v) is 8.96. The Balaban J connectivity index is 1.28. The van der Waals surface area contributed by atoms with E-state index in [1.165, 1.54) is 0 Å². The lowest BCUT2D eigenvalue weighted by atomic mass is 9.90. The Bertz CT molecular complexity index is 1500. The van der Waals surface area contributed by atoms with Crippen molar-refractivity contribution in [2.75, 3.05) is 27.5 Å². The van der Waals surface area contributed by atoms with E-state index in [4.69, 9.17) is 14.2 Å². The van der Waals surface area contributed by atoms with Crippen molar-refractivity contribution in [1.29, 1.82) is 0 Å². The highest BCUT2D eigenvalue weighted by molar-refractivity contribution is 5.95. The van der Waals surface area contributed by atoms with E-state index in [0.29, 0.717) is 28.6 Å². The summed E-state index contributed by atoms with van der Waals surface area (Å²) in [6, 6.07) is 18.3. The van der Waals surface area contributed by atoms with E-state index in [1.807, 2.05) is 43.4 Å². The van der Waals surface area contributed by atoms with Crippen LogP contribution in [0.2, 0.25) is 0 Å². The molecule has 0 saturated carbocycles. The van der Waals surface area contributed by atoms with Crippen molar-refractivity contribution in [3.05, 3.63) is 88.7 Å². The second kappa shape index (κ2) is 9.94. The number of hydrogen-bond donors (Lipinski definition) is 1. The van der Waals surface area contributed by atoms with Crippen LogP contribution in [-0.4, -0.2) is 64.7 Å². The Morgan fingerprint density at radius 2 is 1.97 bits per heavy atom. The van der Waals surface area contributed by atoms with Gasteiger partial charge in [-0.25, -0.2) is 5.43 Å². The zero-order chi connectivity index (χ0) is 26.1. The number of carbonyl (C=O) groups is 1. The van der Waals surface area contributed by atoms with Crippen molar-refractivity contribution >= 4 is 12.1 Å². The first-order valence-corrected chi connectivity index (χ1v) is 12.1. The standard InChI is InChI=1S/C27H25N7O4/c1-33-13-12-19-14-21-24(38-16-37-21)25(36-2)22(19)23(33)26-29-31-32-34(26)20-10-8-18(9-11-20)27(35)30-28-15-17-6-4-3-5-7-17/h3-11,14-15,23H,12-13,16H2,1-2H3,(H,30,35)/b28-15+. The Hall–Kier alpha value is -4.77. The molecule has 0 fully saturated rings. The molecule has 1 atom stereocenters. The van der Waals surface area contributed by atoms with Gasteiger partial charge in [0.15, 0.2) is 17.3 Å². The fraction of sp³-hybridized carbons (Fsp3) is 0.222. The number of benzene rings is 3. The molecule has 0 saturated heterocycles. The Labute approximate surface area is 218 Å². The molecule has 1 aromatic heterocycles. The highest BCUT2D eigenvalue weighted by Gasteiger charge is 2.37. The lowest BCUT2D eigenvalue weighted by Gasteiger charge is -2.34. The van der Waals surface area contributed by atoms with Gasteiger partial charge in [-0.05, 0) is 65.4 Å². The van der Waals surface area contributed by atoms with Gasteiger partial charge < -0.3 is 14.2 Å². The molecule has 3 heterocycles. The first kappa shape index (κ1) is 23.6. The maximum absolute atomic E-state index is 12.6. The number of likely N-dealkylation sites (N-methyl/N-ethyl adjacent to an activating group) is 1. The third-order valence-electron chi connectivity index (χ3n) is 6.69. The average molecular weight is 512 g/mol. The number of hydrazone groups is 1. The van der Waals surface area contributed by atoms with Gasteiger partial charge in [0.05, 0.1) is 19.0 Å². The molecule has 0 spiro atoms. The van der Waals surface area contributed by atoms with Crippen LogP contribution in [0.25, 0.3) is 5.69 Å². The molecular formula is C27H25N7O4. The molecule has 0 bridgehead atoms. The zero-order valence-electron chi connectivity index (χ0n) is 20.9. The monoisotopic (exact) mass is 511 g/mol. The van der Waals surface area contributed by atoms with Gasteiger partial charge in [0.1, 0.15) is 6.04 Å². The Kier molecular flexibility index (Phi) is 6.18. The van der Waals surface area contributed by atoms with Crippen LogP contribution < -0.4 is 19.6 Å². The summed E-state index contributed by atoms with van der Waals surface area (Å²) in [5.74, 6) is 2.21. The summed E-state index contributed by atoms with van der Waals surface area (Å²) < 4.78 is 18.8. The van der Waals surface area contributed by atoms with E-state index < -0.39 is 0 Å². The number of tetrazole rings is 1. The number of aromatic nitrogens is 4. The maximum Gasteiger partial charge on any atom is 0.271 e. The molecule has 3 aromatic carbocycles. The van der Waals surface area contributed by atoms with Gasteiger partial charge in [0.25, 0.3) is 5.91 Å². The predicted octanol–water partition coefficient (Wildman–Crippen LogP) is 2.74. The quantitative estimate of drug-likeness (QED) is 0.310. The third kappa shape index (κ3) is 4.22. The molecule has 0 aliphatic carbocycles. The van der Waals surface area contributed by atoms with E-state index >= 15 is 0 Å². The van der Waals surface area contributed by atoms with E-state index in [9.17, 15) is 4.79 Å². The molecule has 2 aliphatic heterocycles. The maximum atomic E-state index is 12.6. The summed E-state index contributed by atoms with van der Waals surface area (Å²) in [5.41, 5.74) is 6.68. The summed E-state index contributed by atoms with van der Waals surface area (Å²) in [5, 5.41) is 16.7. The van der Waals surface area contributed by atoms with Gasteiger partial charge in [0.2, 0.25) is 12.5 Å².